The van der Waals surface area contributed by atoms with Gasteiger partial charge in [0.25, 0.3) is 10.0 Å². The molecule has 0 atom stereocenters. The second kappa shape index (κ2) is 9.32. The topological polar surface area (TPSA) is 64.0 Å². The Hall–Kier alpha value is -1.93. The summed E-state index contributed by atoms with van der Waals surface area (Å²) in [7, 11) is -2.13. The number of aryl methyl sites for hydroxylation is 1. The molecule has 0 saturated carbocycles. The van der Waals surface area contributed by atoms with Gasteiger partial charge in [-0.25, -0.2) is 16.8 Å². The summed E-state index contributed by atoms with van der Waals surface area (Å²) in [6.45, 7) is 2.25. The predicted molar refractivity (Wildman–Crippen MR) is 109 cm³/mol. The minimum Gasteiger partial charge on any atom is -0.316 e. The van der Waals surface area contributed by atoms with Gasteiger partial charge in [-0.3, -0.25) is 4.98 Å². The van der Waals surface area contributed by atoms with Gasteiger partial charge < -0.3 is 5.32 Å². The molecule has 146 valence electrons. The molecule has 9 heteroatoms. The number of hydrogen-bond donors (Lipinski definition) is 1. The lowest BCUT2D eigenvalue weighted by Gasteiger charge is -2.11. The van der Waals surface area contributed by atoms with Gasteiger partial charge in [-0.2, -0.15) is 0 Å². The molecule has 0 amide bonds. The number of nitrogens with zero attached hydrogens (tertiary/aromatic N) is 2. The molecule has 0 saturated heterocycles. The molecule has 27 heavy (non-hydrogen) atoms. The van der Waals surface area contributed by atoms with Crippen LogP contribution < -0.4 is 5.32 Å². The average Bonchev–Trinajstić information content (AvgIpc) is 3.00. The maximum Gasteiger partial charge on any atom is 0.269 e. The van der Waals surface area contributed by atoms with Crippen LogP contribution in [0.1, 0.15) is 11.3 Å². The molecule has 2 heterocycles. The Kier molecular flexibility index (Phi) is 7.98. The van der Waals surface area contributed by atoms with Crippen molar-refractivity contribution in [1.82, 2.24) is 14.3 Å². The fraction of sp³-hybridized carbons (Fsp3) is 0.167. The average molecular weight is 432 g/mol. The highest BCUT2D eigenvalue weighted by atomic mass is 35.5. The summed E-state index contributed by atoms with van der Waals surface area (Å²) >= 11 is 0. The number of nitrogens with one attached hydrogen (secondary N) is 1. The Labute approximate surface area is 170 Å². The molecule has 1 aromatic carbocycles. The molecule has 3 rings (SSSR count). The van der Waals surface area contributed by atoms with Crippen molar-refractivity contribution < 1.29 is 12.8 Å². The summed E-state index contributed by atoms with van der Waals surface area (Å²) in [6.07, 6.45) is 2.82. The van der Waals surface area contributed by atoms with Crippen LogP contribution in [0, 0.1) is 12.7 Å². The van der Waals surface area contributed by atoms with E-state index in [2.05, 4.69) is 10.3 Å². The quantitative estimate of drug-likeness (QED) is 0.666. The highest BCUT2D eigenvalue weighted by Gasteiger charge is 2.23. The molecule has 0 bridgehead atoms. The van der Waals surface area contributed by atoms with Crippen molar-refractivity contribution in [3.8, 4) is 11.3 Å². The van der Waals surface area contributed by atoms with Crippen molar-refractivity contribution in [2.24, 2.45) is 0 Å². The van der Waals surface area contributed by atoms with Crippen LogP contribution in [0.15, 0.2) is 59.8 Å². The molecule has 0 spiro atoms. The Morgan fingerprint density at radius 1 is 1.15 bits per heavy atom. The Balaban J connectivity index is 0.00000182. The molecule has 3 aromatic rings. The first kappa shape index (κ1) is 23.1. The Bertz CT molecular complexity index is 1010. The Morgan fingerprint density at radius 3 is 2.44 bits per heavy atom. The minimum absolute atomic E-state index is 0. The monoisotopic (exact) mass is 431 g/mol. The van der Waals surface area contributed by atoms with Crippen LogP contribution in [0.5, 0.6) is 0 Å². The Morgan fingerprint density at radius 2 is 1.85 bits per heavy atom. The molecular formula is C18H20Cl2FN3O2S. The smallest absolute Gasteiger partial charge is 0.269 e. The van der Waals surface area contributed by atoms with Crippen LogP contribution in [-0.2, 0) is 16.6 Å². The van der Waals surface area contributed by atoms with E-state index in [0.717, 1.165) is 15.2 Å². The highest BCUT2D eigenvalue weighted by Crippen LogP contribution is 2.28. The zero-order chi connectivity index (χ0) is 18.0. The van der Waals surface area contributed by atoms with Gasteiger partial charge in [-0.1, -0.05) is 12.1 Å². The number of hydrogen-bond acceptors (Lipinski definition) is 4. The SMILES string of the molecule is CNCc1cc(-c2ccccc2F)n(S(=O)(=O)c2ccc(C)nc2)c1.Cl.Cl. The van der Waals surface area contributed by atoms with Gasteiger partial charge >= 0.3 is 0 Å². The zero-order valence-electron chi connectivity index (χ0n) is 14.7. The molecule has 0 aliphatic heterocycles. The maximum atomic E-state index is 14.3. The van der Waals surface area contributed by atoms with Crippen molar-refractivity contribution >= 4 is 34.8 Å². The third kappa shape index (κ3) is 4.68. The standard InChI is InChI=1S/C18H18FN3O2S.2ClH/c1-13-7-8-15(11-21-13)25(23,24)22-12-14(10-20-2)9-18(22)16-5-3-4-6-17(16)19;;/h3-9,11-12,20H,10H2,1-2H3;2*1H. The van der Waals surface area contributed by atoms with Gasteiger partial charge in [0.1, 0.15) is 10.7 Å². The fourth-order valence-electron chi connectivity index (χ4n) is 2.58. The van der Waals surface area contributed by atoms with Crippen molar-refractivity contribution in [3.63, 3.8) is 0 Å². The summed E-state index contributed by atoms with van der Waals surface area (Å²) < 4.78 is 41.5. The van der Waals surface area contributed by atoms with Crippen LogP contribution in [0.3, 0.4) is 0 Å². The molecule has 0 aliphatic carbocycles. The van der Waals surface area contributed by atoms with E-state index in [0.29, 0.717) is 6.54 Å². The van der Waals surface area contributed by atoms with Gasteiger partial charge in [0.2, 0.25) is 0 Å². The number of benzene rings is 1. The van der Waals surface area contributed by atoms with Gasteiger partial charge in [0.05, 0.1) is 5.69 Å². The molecule has 0 unspecified atom stereocenters. The molecule has 0 aliphatic rings. The molecule has 0 fully saturated rings. The van der Waals surface area contributed by atoms with E-state index in [1.54, 1.807) is 44.3 Å². The first-order valence-corrected chi connectivity index (χ1v) is 9.16. The van der Waals surface area contributed by atoms with E-state index in [1.807, 2.05) is 0 Å². The lowest BCUT2D eigenvalue weighted by molar-refractivity contribution is 0.587. The summed E-state index contributed by atoms with van der Waals surface area (Å²) in [5.74, 6) is -0.477. The van der Waals surface area contributed by atoms with Crippen molar-refractivity contribution in [2.75, 3.05) is 7.05 Å². The largest absolute Gasteiger partial charge is 0.316 e. The van der Waals surface area contributed by atoms with Crippen LogP contribution in [0.2, 0.25) is 0 Å². The van der Waals surface area contributed by atoms with Gasteiger partial charge in [0, 0.05) is 30.2 Å². The first-order chi connectivity index (χ1) is 11.9. The van der Waals surface area contributed by atoms with E-state index >= 15 is 0 Å². The molecular weight excluding hydrogens is 412 g/mol. The summed E-state index contributed by atoms with van der Waals surface area (Å²) in [5.41, 5.74) is 1.97. The van der Waals surface area contributed by atoms with Gasteiger partial charge in [-0.05, 0) is 49.9 Å². The van der Waals surface area contributed by atoms with Crippen LogP contribution in [0.4, 0.5) is 4.39 Å². The van der Waals surface area contributed by atoms with Crippen molar-refractivity contribution in [3.05, 3.63) is 71.9 Å². The minimum atomic E-state index is -3.89. The van der Waals surface area contributed by atoms with Crippen molar-refractivity contribution in [2.45, 2.75) is 18.4 Å². The molecule has 2 aromatic heterocycles. The predicted octanol–water partition coefficient (Wildman–Crippen LogP) is 3.80. The van der Waals surface area contributed by atoms with E-state index in [9.17, 15) is 12.8 Å². The lowest BCUT2D eigenvalue weighted by Crippen LogP contribution is -2.14. The van der Waals surface area contributed by atoms with Gasteiger partial charge in [-0.15, -0.1) is 24.8 Å². The number of pyridine rings is 1. The first-order valence-electron chi connectivity index (χ1n) is 7.72. The third-order valence-electron chi connectivity index (χ3n) is 3.81. The van der Waals surface area contributed by atoms with E-state index < -0.39 is 15.8 Å². The number of aromatic nitrogens is 2. The van der Waals surface area contributed by atoms with E-state index in [1.165, 1.54) is 24.5 Å². The van der Waals surface area contributed by atoms with Crippen LogP contribution in [0.25, 0.3) is 11.3 Å². The van der Waals surface area contributed by atoms with E-state index in [4.69, 9.17) is 0 Å². The van der Waals surface area contributed by atoms with Crippen LogP contribution >= 0.6 is 24.8 Å². The molecule has 1 N–H and O–H groups in total. The number of halogens is 3. The summed E-state index contributed by atoms with van der Waals surface area (Å²) in [4.78, 5) is 4.11. The third-order valence-corrected chi connectivity index (χ3v) is 5.47. The van der Waals surface area contributed by atoms with Crippen LogP contribution in [-0.4, -0.2) is 24.4 Å². The van der Waals surface area contributed by atoms with E-state index in [-0.39, 0.29) is 41.0 Å². The highest BCUT2D eigenvalue weighted by molar-refractivity contribution is 7.90. The van der Waals surface area contributed by atoms with Crippen molar-refractivity contribution in [1.29, 1.82) is 0 Å². The van der Waals surface area contributed by atoms with Gasteiger partial charge in [0.15, 0.2) is 0 Å². The molecule has 0 radical (unpaired) electrons. The second-order valence-corrected chi connectivity index (χ2v) is 7.49. The summed E-state index contributed by atoms with van der Waals surface area (Å²) in [6, 6.07) is 10.9. The zero-order valence-corrected chi connectivity index (χ0v) is 17.2. The lowest BCUT2D eigenvalue weighted by atomic mass is 10.1. The second-order valence-electron chi connectivity index (χ2n) is 5.68. The normalized spacial score (nSPS) is 10.8. The fourth-order valence-corrected chi connectivity index (χ4v) is 3.92. The number of rotatable bonds is 5. The molecule has 5 nitrogen and oxygen atoms in total. The summed E-state index contributed by atoms with van der Waals surface area (Å²) in [5, 5.41) is 2.98. The maximum absolute atomic E-state index is 14.3.